The second kappa shape index (κ2) is 7.33. The van der Waals surface area contributed by atoms with E-state index < -0.39 is 0 Å². The molecule has 0 atom stereocenters. The fourth-order valence-electron chi connectivity index (χ4n) is 2.88. The Balaban J connectivity index is 1.81. The summed E-state index contributed by atoms with van der Waals surface area (Å²) in [4.78, 5) is 16.2. The summed E-state index contributed by atoms with van der Waals surface area (Å²) in [7, 11) is 0. The first-order chi connectivity index (χ1) is 13.2. The minimum Gasteiger partial charge on any atom is -0.493 e. The summed E-state index contributed by atoms with van der Waals surface area (Å²) < 4.78 is 6.02. The number of aromatic nitrogens is 4. The average Bonchev–Trinajstić information content (AvgIpc) is 3.11. The maximum absolute atomic E-state index is 6.02. The van der Waals surface area contributed by atoms with Crippen molar-refractivity contribution in [2.75, 3.05) is 17.7 Å². The Morgan fingerprint density at radius 3 is 2.78 bits per heavy atom. The molecular weight excluding hydrogens is 340 g/mol. The van der Waals surface area contributed by atoms with Crippen LogP contribution in [0.5, 0.6) is 5.75 Å². The van der Waals surface area contributed by atoms with Crippen molar-refractivity contribution in [3.63, 3.8) is 0 Å². The number of ether oxygens (including phenoxy) is 1. The van der Waals surface area contributed by atoms with Gasteiger partial charge in [-0.2, -0.15) is 0 Å². The zero-order chi connectivity index (χ0) is 18.6. The van der Waals surface area contributed by atoms with E-state index in [1.54, 1.807) is 6.20 Å². The third-order valence-corrected chi connectivity index (χ3v) is 4.06. The van der Waals surface area contributed by atoms with Crippen molar-refractivity contribution in [2.45, 2.75) is 13.3 Å². The Kier molecular flexibility index (Phi) is 4.57. The van der Waals surface area contributed by atoms with E-state index in [9.17, 15) is 0 Å². The van der Waals surface area contributed by atoms with Gasteiger partial charge in [0.25, 0.3) is 0 Å². The highest BCUT2D eigenvalue weighted by Gasteiger charge is 2.16. The highest BCUT2D eigenvalue weighted by atomic mass is 16.5. The van der Waals surface area contributed by atoms with Crippen LogP contribution >= 0.6 is 0 Å². The molecule has 27 heavy (non-hydrogen) atoms. The number of hydrogen-bond donors (Lipinski definition) is 3. The second-order valence-corrected chi connectivity index (χ2v) is 6.07. The lowest BCUT2D eigenvalue weighted by Crippen LogP contribution is -2.00. The summed E-state index contributed by atoms with van der Waals surface area (Å²) in [5, 5.41) is 4.19. The van der Waals surface area contributed by atoms with E-state index in [1.807, 2.05) is 48.7 Å². The molecule has 3 heterocycles. The lowest BCUT2D eigenvalue weighted by atomic mass is 10.1. The van der Waals surface area contributed by atoms with Crippen LogP contribution in [0.4, 0.5) is 17.5 Å². The second-order valence-electron chi connectivity index (χ2n) is 6.07. The molecule has 0 amide bonds. The zero-order valence-electron chi connectivity index (χ0n) is 14.9. The normalized spacial score (nSPS) is 10.9. The van der Waals surface area contributed by atoms with Crippen molar-refractivity contribution in [1.29, 1.82) is 0 Å². The fourth-order valence-corrected chi connectivity index (χ4v) is 2.88. The van der Waals surface area contributed by atoms with Crippen LogP contribution in [0, 0.1) is 0 Å². The van der Waals surface area contributed by atoms with Crippen molar-refractivity contribution in [3.8, 4) is 17.0 Å². The van der Waals surface area contributed by atoms with Gasteiger partial charge in [-0.15, -0.1) is 0 Å². The van der Waals surface area contributed by atoms with Gasteiger partial charge in [0.15, 0.2) is 0 Å². The first-order valence-electron chi connectivity index (χ1n) is 8.80. The van der Waals surface area contributed by atoms with Crippen molar-refractivity contribution in [1.82, 2.24) is 19.9 Å². The van der Waals surface area contributed by atoms with E-state index in [0.717, 1.165) is 34.5 Å². The summed E-state index contributed by atoms with van der Waals surface area (Å²) in [6.07, 6.45) is 4.41. The van der Waals surface area contributed by atoms with Crippen LogP contribution in [-0.2, 0) is 0 Å². The van der Waals surface area contributed by atoms with Gasteiger partial charge < -0.3 is 20.8 Å². The number of fused-ring (bicyclic) bond motifs is 1. The quantitative estimate of drug-likeness (QED) is 0.478. The molecule has 0 aliphatic carbocycles. The molecule has 136 valence electrons. The number of pyridine rings is 1. The van der Waals surface area contributed by atoms with Gasteiger partial charge in [0, 0.05) is 29.7 Å². The SMILES string of the molecule is CCCOc1cc(Nc2ccccc2)nc2[nH]cc(-c3ccnc(N)n3)c12. The van der Waals surface area contributed by atoms with Gasteiger partial charge in [-0.1, -0.05) is 25.1 Å². The third kappa shape index (κ3) is 3.52. The van der Waals surface area contributed by atoms with Gasteiger partial charge in [0.1, 0.15) is 17.2 Å². The molecule has 0 radical (unpaired) electrons. The Morgan fingerprint density at radius 1 is 1.15 bits per heavy atom. The molecule has 7 heteroatoms. The number of rotatable bonds is 6. The minimum absolute atomic E-state index is 0.230. The largest absolute Gasteiger partial charge is 0.493 e. The van der Waals surface area contributed by atoms with Gasteiger partial charge in [-0.3, -0.25) is 0 Å². The standard InChI is InChI=1S/C20H20N6O/c1-2-10-27-16-11-17(24-13-6-4-3-5-7-13)26-19-18(16)14(12-23-19)15-8-9-22-20(21)25-15/h3-9,11-12H,2,10H2,1H3,(H2,21,22,25)(H2,23,24,26). The smallest absolute Gasteiger partial charge is 0.220 e. The lowest BCUT2D eigenvalue weighted by molar-refractivity contribution is 0.321. The molecule has 7 nitrogen and oxygen atoms in total. The molecule has 0 spiro atoms. The van der Waals surface area contributed by atoms with E-state index in [0.29, 0.717) is 18.1 Å². The van der Waals surface area contributed by atoms with E-state index in [2.05, 4.69) is 32.2 Å². The van der Waals surface area contributed by atoms with Crippen LogP contribution in [0.1, 0.15) is 13.3 Å². The molecule has 0 saturated heterocycles. The van der Waals surface area contributed by atoms with Crippen LogP contribution in [0.25, 0.3) is 22.3 Å². The number of nitrogens with one attached hydrogen (secondary N) is 2. The molecule has 0 aliphatic heterocycles. The number of benzene rings is 1. The molecule has 4 rings (SSSR count). The Morgan fingerprint density at radius 2 is 2.00 bits per heavy atom. The summed E-state index contributed by atoms with van der Waals surface area (Å²) >= 11 is 0. The monoisotopic (exact) mass is 360 g/mol. The summed E-state index contributed by atoms with van der Waals surface area (Å²) in [5.74, 6) is 1.68. The van der Waals surface area contributed by atoms with Gasteiger partial charge in [0.05, 0.1) is 17.7 Å². The van der Waals surface area contributed by atoms with Crippen molar-refractivity contribution >= 4 is 28.5 Å². The molecule has 0 unspecified atom stereocenters. The number of nitrogen functional groups attached to an aromatic ring is 1. The fraction of sp³-hybridized carbons (Fsp3) is 0.150. The maximum Gasteiger partial charge on any atom is 0.220 e. The van der Waals surface area contributed by atoms with Crippen molar-refractivity contribution in [2.24, 2.45) is 0 Å². The predicted octanol–water partition coefficient (Wildman–Crippen LogP) is 4.13. The Labute approximate surface area is 156 Å². The highest BCUT2D eigenvalue weighted by molar-refractivity contribution is 5.98. The predicted molar refractivity (Wildman–Crippen MR) is 107 cm³/mol. The molecule has 0 aliphatic rings. The summed E-state index contributed by atoms with van der Waals surface area (Å²) in [6.45, 7) is 2.69. The van der Waals surface area contributed by atoms with Crippen LogP contribution in [0.2, 0.25) is 0 Å². The molecule has 1 aromatic carbocycles. The van der Waals surface area contributed by atoms with E-state index in [-0.39, 0.29) is 5.95 Å². The van der Waals surface area contributed by atoms with Crippen LogP contribution in [0.15, 0.2) is 54.9 Å². The molecule has 0 saturated carbocycles. The zero-order valence-corrected chi connectivity index (χ0v) is 14.9. The van der Waals surface area contributed by atoms with Crippen LogP contribution < -0.4 is 15.8 Å². The van der Waals surface area contributed by atoms with Crippen LogP contribution in [0.3, 0.4) is 0 Å². The topological polar surface area (TPSA) is 102 Å². The number of nitrogens with zero attached hydrogens (tertiary/aromatic N) is 3. The Bertz CT molecular complexity index is 1060. The average molecular weight is 360 g/mol. The van der Waals surface area contributed by atoms with Crippen molar-refractivity contribution in [3.05, 3.63) is 54.9 Å². The molecule has 4 aromatic rings. The number of hydrogen-bond acceptors (Lipinski definition) is 6. The van der Waals surface area contributed by atoms with Gasteiger partial charge >= 0.3 is 0 Å². The molecule has 0 bridgehead atoms. The number of para-hydroxylation sites is 1. The molecule has 4 N–H and O–H groups in total. The number of anilines is 3. The summed E-state index contributed by atoms with van der Waals surface area (Å²) in [6, 6.07) is 13.6. The number of nitrogens with two attached hydrogens (primary N) is 1. The highest BCUT2D eigenvalue weighted by Crippen LogP contribution is 2.36. The molecular formula is C20H20N6O. The number of aromatic amines is 1. The van der Waals surface area contributed by atoms with Crippen LogP contribution in [-0.4, -0.2) is 26.5 Å². The van der Waals surface area contributed by atoms with E-state index in [1.165, 1.54) is 0 Å². The van der Waals surface area contributed by atoms with Gasteiger partial charge in [0.2, 0.25) is 5.95 Å². The maximum atomic E-state index is 6.02. The minimum atomic E-state index is 0.230. The Hall–Kier alpha value is -3.61. The molecule has 3 aromatic heterocycles. The third-order valence-electron chi connectivity index (χ3n) is 4.06. The van der Waals surface area contributed by atoms with Crippen molar-refractivity contribution < 1.29 is 4.74 Å². The first-order valence-corrected chi connectivity index (χ1v) is 8.80. The van der Waals surface area contributed by atoms with Gasteiger partial charge in [-0.05, 0) is 24.6 Å². The van der Waals surface area contributed by atoms with Gasteiger partial charge in [-0.25, -0.2) is 15.0 Å². The first kappa shape index (κ1) is 16.8. The van der Waals surface area contributed by atoms with E-state index >= 15 is 0 Å². The lowest BCUT2D eigenvalue weighted by Gasteiger charge is -2.11. The summed E-state index contributed by atoms with van der Waals surface area (Å²) in [5.41, 5.74) is 9.03. The van der Waals surface area contributed by atoms with E-state index in [4.69, 9.17) is 10.5 Å². The number of H-pyrrole nitrogens is 1. The molecule has 0 fully saturated rings.